The Morgan fingerprint density at radius 3 is 2.44 bits per heavy atom. The SMILES string of the molecule is CCOc1cc(C=NNC(=O)C(C)NC(=O)c2ccc(OC)cc2)cc(Br)c1OC(C)C. The first-order valence-corrected chi connectivity index (χ1v) is 10.9. The van der Waals surface area contributed by atoms with Crippen LogP contribution in [0.2, 0.25) is 0 Å². The van der Waals surface area contributed by atoms with Crippen molar-refractivity contribution >= 4 is 34.0 Å². The Balaban J connectivity index is 2.00. The number of amides is 2. The number of hydrogen-bond donors (Lipinski definition) is 2. The summed E-state index contributed by atoms with van der Waals surface area (Å²) in [5.74, 6) is 1.00. The molecule has 0 aliphatic carbocycles. The molecule has 1 unspecified atom stereocenters. The van der Waals surface area contributed by atoms with E-state index in [1.165, 1.54) is 6.21 Å². The minimum Gasteiger partial charge on any atom is -0.497 e. The second-order valence-electron chi connectivity index (χ2n) is 7.09. The number of hydrazone groups is 1. The van der Waals surface area contributed by atoms with Crippen LogP contribution in [0, 0.1) is 0 Å². The molecule has 0 fully saturated rings. The predicted molar refractivity (Wildman–Crippen MR) is 127 cm³/mol. The fourth-order valence-corrected chi connectivity index (χ4v) is 3.18. The quantitative estimate of drug-likeness (QED) is 0.376. The van der Waals surface area contributed by atoms with Gasteiger partial charge in [-0.3, -0.25) is 9.59 Å². The third-order valence-electron chi connectivity index (χ3n) is 4.17. The molecule has 0 bridgehead atoms. The topological polar surface area (TPSA) is 98.2 Å². The first-order valence-electron chi connectivity index (χ1n) is 10.2. The first kappa shape index (κ1) is 25.2. The van der Waals surface area contributed by atoms with Crippen molar-refractivity contribution in [3.8, 4) is 17.2 Å². The molecule has 0 radical (unpaired) electrons. The van der Waals surface area contributed by atoms with E-state index in [0.29, 0.717) is 39.5 Å². The Hall–Kier alpha value is -3.07. The van der Waals surface area contributed by atoms with Gasteiger partial charge in [-0.15, -0.1) is 0 Å². The van der Waals surface area contributed by atoms with Gasteiger partial charge in [0.25, 0.3) is 11.8 Å². The van der Waals surface area contributed by atoms with Gasteiger partial charge in [-0.2, -0.15) is 5.10 Å². The van der Waals surface area contributed by atoms with Crippen molar-refractivity contribution in [2.24, 2.45) is 5.10 Å². The summed E-state index contributed by atoms with van der Waals surface area (Å²) in [6.07, 6.45) is 1.47. The highest BCUT2D eigenvalue weighted by molar-refractivity contribution is 9.10. The van der Waals surface area contributed by atoms with E-state index in [-0.39, 0.29) is 12.0 Å². The maximum Gasteiger partial charge on any atom is 0.262 e. The van der Waals surface area contributed by atoms with Gasteiger partial charge in [0, 0.05) is 5.56 Å². The summed E-state index contributed by atoms with van der Waals surface area (Å²) in [6.45, 7) is 7.80. The third-order valence-corrected chi connectivity index (χ3v) is 4.76. The molecule has 0 aliphatic rings. The lowest BCUT2D eigenvalue weighted by molar-refractivity contribution is -0.122. The summed E-state index contributed by atoms with van der Waals surface area (Å²) in [7, 11) is 1.55. The van der Waals surface area contributed by atoms with Crippen molar-refractivity contribution in [2.75, 3.05) is 13.7 Å². The van der Waals surface area contributed by atoms with Gasteiger partial charge in [0.2, 0.25) is 0 Å². The molecule has 0 aromatic heterocycles. The summed E-state index contributed by atoms with van der Waals surface area (Å²) in [4.78, 5) is 24.6. The van der Waals surface area contributed by atoms with E-state index in [1.807, 2.05) is 26.8 Å². The Labute approximate surface area is 196 Å². The molecule has 0 aliphatic heterocycles. The van der Waals surface area contributed by atoms with Crippen LogP contribution in [-0.2, 0) is 4.79 Å². The fourth-order valence-electron chi connectivity index (χ4n) is 2.63. The van der Waals surface area contributed by atoms with E-state index < -0.39 is 11.9 Å². The zero-order valence-corrected chi connectivity index (χ0v) is 20.4. The molecule has 0 saturated carbocycles. The summed E-state index contributed by atoms with van der Waals surface area (Å²) in [5, 5.41) is 6.62. The van der Waals surface area contributed by atoms with Crippen LogP contribution in [0.3, 0.4) is 0 Å². The minimum atomic E-state index is -0.783. The average molecular weight is 506 g/mol. The van der Waals surface area contributed by atoms with Crippen LogP contribution in [0.1, 0.15) is 43.6 Å². The molecule has 0 saturated heterocycles. The standard InChI is InChI=1S/C23H28BrN3O5/c1-6-31-20-12-16(11-19(24)21(20)32-14(2)3)13-25-27-22(28)15(4)26-23(29)17-7-9-18(30-5)10-8-17/h7-15H,6H2,1-5H3,(H,26,29)(H,27,28). The largest absolute Gasteiger partial charge is 0.497 e. The van der Waals surface area contributed by atoms with E-state index in [4.69, 9.17) is 14.2 Å². The summed E-state index contributed by atoms with van der Waals surface area (Å²) >= 11 is 3.49. The molecule has 1 atom stereocenters. The molecular weight excluding hydrogens is 478 g/mol. The van der Waals surface area contributed by atoms with Crippen molar-refractivity contribution in [2.45, 2.75) is 39.8 Å². The summed E-state index contributed by atoms with van der Waals surface area (Å²) < 4.78 is 17.3. The van der Waals surface area contributed by atoms with Crippen molar-refractivity contribution in [3.63, 3.8) is 0 Å². The number of rotatable bonds is 10. The van der Waals surface area contributed by atoms with Gasteiger partial charge in [-0.05, 0) is 85.6 Å². The number of nitrogens with one attached hydrogen (secondary N) is 2. The van der Waals surface area contributed by atoms with Gasteiger partial charge in [-0.1, -0.05) is 0 Å². The number of ether oxygens (including phenoxy) is 3. The predicted octanol–water partition coefficient (Wildman–Crippen LogP) is 3.91. The van der Waals surface area contributed by atoms with E-state index in [1.54, 1.807) is 44.4 Å². The van der Waals surface area contributed by atoms with Crippen molar-refractivity contribution in [3.05, 3.63) is 52.0 Å². The fraction of sp³-hybridized carbons (Fsp3) is 0.348. The highest BCUT2D eigenvalue weighted by atomic mass is 79.9. The van der Waals surface area contributed by atoms with Crippen LogP contribution in [0.15, 0.2) is 46.0 Å². The van der Waals surface area contributed by atoms with Crippen molar-refractivity contribution in [1.82, 2.24) is 10.7 Å². The zero-order valence-electron chi connectivity index (χ0n) is 18.8. The highest BCUT2D eigenvalue weighted by Gasteiger charge is 2.17. The summed E-state index contributed by atoms with van der Waals surface area (Å²) in [5.41, 5.74) is 3.55. The number of nitrogens with zero attached hydrogens (tertiary/aromatic N) is 1. The average Bonchev–Trinajstić information content (AvgIpc) is 2.76. The molecule has 2 aromatic rings. The molecule has 2 aromatic carbocycles. The molecule has 2 rings (SSSR count). The number of benzene rings is 2. The second kappa shape index (κ2) is 12.1. The van der Waals surface area contributed by atoms with Gasteiger partial charge in [0.15, 0.2) is 11.5 Å². The smallest absolute Gasteiger partial charge is 0.262 e. The molecule has 2 N–H and O–H groups in total. The maximum absolute atomic E-state index is 12.3. The van der Waals surface area contributed by atoms with Gasteiger partial charge < -0.3 is 19.5 Å². The second-order valence-corrected chi connectivity index (χ2v) is 7.94. The van der Waals surface area contributed by atoms with Crippen molar-refractivity contribution in [1.29, 1.82) is 0 Å². The number of carbonyl (C=O) groups excluding carboxylic acids is 2. The number of carbonyl (C=O) groups is 2. The van der Waals surface area contributed by atoms with Crippen LogP contribution < -0.4 is 25.0 Å². The molecular formula is C23H28BrN3O5. The van der Waals surface area contributed by atoms with Gasteiger partial charge >= 0.3 is 0 Å². The van der Waals surface area contributed by atoms with E-state index in [0.717, 1.165) is 0 Å². The van der Waals surface area contributed by atoms with Gasteiger partial charge in [-0.25, -0.2) is 5.43 Å². The Morgan fingerprint density at radius 2 is 1.84 bits per heavy atom. The number of methoxy groups -OCH3 is 1. The van der Waals surface area contributed by atoms with E-state index >= 15 is 0 Å². The Kier molecular flexibility index (Phi) is 9.52. The lowest BCUT2D eigenvalue weighted by atomic mass is 10.2. The molecule has 9 heteroatoms. The van der Waals surface area contributed by atoms with Crippen LogP contribution in [0.25, 0.3) is 0 Å². The Morgan fingerprint density at radius 1 is 1.16 bits per heavy atom. The van der Waals surface area contributed by atoms with E-state index in [9.17, 15) is 9.59 Å². The van der Waals surface area contributed by atoms with Crippen LogP contribution in [-0.4, -0.2) is 43.9 Å². The molecule has 32 heavy (non-hydrogen) atoms. The summed E-state index contributed by atoms with van der Waals surface area (Å²) in [6, 6.07) is 9.40. The Bertz CT molecular complexity index is 961. The lowest BCUT2D eigenvalue weighted by Crippen LogP contribution is -2.43. The maximum atomic E-state index is 12.3. The van der Waals surface area contributed by atoms with Crippen LogP contribution >= 0.6 is 15.9 Å². The van der Waals surface area contributed by atoms with Gasteiger partial charge in [0.05, 0.1) is 30.5 Å². The van der Waals surface area contributed by atoms with E-state index in [2.05, 4.69) is 31.8 Å². The number of halogens is 1. The number of hydrogen-bond acceptors (Lipinski definition) is 6. The molecule has 2 amide bonds. The minimum absolute atomic E-state index is 0.0149. The molecule has 0 spiro atoms. The zero-order chi connectivity index (χ0) is 23.7. The highest BCUT2D eigenvalue weighted by Crippen LogP contribution is 2.37. The normalized spacial score (nSPS) is 11.8. The first-order chi connectivity index (χ1) is 15.2. The van der Waals surface area contributed by atoms with Crippen molar-refractivity contribution < 1.29 is 23.8 Å². The van der Waals surface area contributed by atoms with Crippen LogP contribution in [0.5, 0.6) is 17.2 Å². The lowest BCUT2D eigenvalue weighted by Gasteiger charge is -2.16. The molecule has 172 valence electrons. The van der Waals surface area contributed by atoms with Gasteiger partial charge in [0.1, 0.15) is 11.8 Å². The monoisotopic (exact) mass is 505 g/mol. The molecule has 0 heterocycles. The third kappa shape index (κ3) is 7.26. The van der Waals surface area contributed by atoms with Crippen LogP contribution in [0.4, 0.5) is 0 Å². The molecule has 8 nitrogen and oxygen atoms in total.